The van der Waals surface area contributed by atoms with Crippen molar-refractivity contribution >= 4 is 46.6 Å². The number of amidine groups is 1. The smallest absolute Gasteiger partial charge is 0.251 e. The summed E-state index contributed by atoms with van der Waals surface area (Å²) in [5.74, 6) is -0.113. The number of amides is 1. The molecule has 202 valence electrons. The number of nitrogens with zero attached hydrogens (tertiary/aromatic N) is 4. The van der Waals surface area contributed by atoms with Gasteiger partial charge in [0.05, 0.1) is 40.9 Å². The maximum Gasteiger partial charge on any atom is 0.251 e. The van der Waals surface area contributed by atoms with Gasteiger partial charge in [-0.1, -0.05) is 23.2 Å². The van der Waals surface area contributed by atoms with Crippen LogP contribution >= 0.6 is 23.2 Å². The van der Waals surface area contributed by atoms with Crippen molar-refractivity contribution in [1.82, 2.24) is 15.3 Å². The average molecular weight is 563 g/mol. The number of aromatic nitrogens is 2. The highest BCUT2D eigenvalue weighted by Gasteiger charge is 2.60. The molecule has 0 spiro atoms. The molecule has 2 aromatic rings. The van der Waals surface area contributed by atoms with E-state index in [9.17, 15) is 4.79 Å². The molecule has 3 N–H and O–H groups in total. The summed E-state index contributed by atoms with van der Waals surface area (Å²) in [6, 6.07) is 5.19. The minimum Gasteiger partial charge on any atom is -0.487 e. The Labute approximate surface area is 229 Å². The molecule has 6 rings (SSSR count). The van der Waals surface area contributed by atoms with Gasteiger partial charge in [0.15, 0.2) is 11.9 Å². The van der Waals surface area contributed by atoms with E-state index in [0.717, 1.165) is 0 Å². The van der Waals surface area contributed by atoms with Gasteiger partial charge >= 0.3 is 0 Å². The highest BCUT2D eigenvalue weighted by molar-refractivity contribution is 6.42. The molecular weight excluding hydrogens is 535 g/mol. The minimum atomic E-state index is -0.868. The molecule has 5 atom stereocenters. The van der Waals surface area contributed by atoms with E-state index in [0.29, 0.717) is 58.6 Å². The van der Waals surface area contributed by atoms with Gasteiger partial charge in [0.1, 0.15) is 41.7 Å². The molecule has 3 fully saturated rings. The summed E-state index contributed by atoms with van der Waals surface area (Å²) in [7, 11) is 0. The van der Waals surface area contributed by atoms with Gasteiger partial charge < -0.3 is 34.9 Å². The Morgan fingerprint density at radius 3 is 2.71 bits per heavy atom. The quantitative estimate of drug-likeness (QED) is 0.544. The second kappa shape index (κ2) is 9.49. The van der Waals surface area contributed by atoms with Crippen molar-refractivity contribution in [2.24, 2.45) is 10.7 Å². The van der Waals surface area contributed by atoms with E-state index in [1.807, 2.05) is 25.7 Å². The molecule has 38 heavy (non-hydrogen) atoms. The number of nitrogens with two attached hydrogens (primary N) is 1. The number of rotatable bonds is 6. The largest absolute Gasteiger partial charge is 0.487 e. The summed E-state index contributed by atoms with van der Waals surface area (Å²) in [6.45, 7) is 7.15. The van der Waals surface area contributed by atoms with E-state index in [-0.39, 0.29) is 12.0 Å². The Hall–Kier alpha value is -2.70. The third-order valence-electron chi connectivity index (χ3n) is 7.00. The van der Waals surface area contributed by atoms with Crippen LogP contribution in [0.4, 0.5) is 11.6 Å². The molecule has 0 aliphatic carbocycles. The highest BCUT2D eigenvalue weighted by atomic mass is 35.5. The Morgan fingerprint density at radius 1 is 1.21 bits per heavy atom. The normalized spacial score (nSPS) is 29.4. The van der Waals surface area contributed by atoms with Crippen LogP contribution < -0.4 is 20.7 Å². The molecular formula is C25H28Cl2N6O5. The first kappa shape index (κ1) is 25.6. The van der Waals surface area contributed by atoms with Crippen LogP contribution in [-0.4, -0.2) is 77.7 Å². The fourth-order valence-corrected chi connectivity index (χ4v) is 5.61. The molecule has 0 radical (unpaired) electrons. The standard InChI is InChI=1S/C25H28Cl2N6O5/c1-4-29-23(34)21-20-19(37-25(2,3)38-20)18(36-21)16-17-15(31-22(16)28)8-30-24(32-17)33-9-12(10-33)35-11-5-6-13(26)14(27)7-11/h5-8,12,16,18-21H,4,9-10H2,1-3H3,(H2,28,31)(H,29,34)/t16?,18-,19-,20+,21+/m1/s1. The van der Waals surface area contributed by atoms with Crippen molar-refractivity contribution in [3.8, 4) is 5.75 Å². The fourth-order valence-electron chi connectivity index (χ4n) is 5.32. The topological polar surface area (TPSA) is 133 Å². The number of benzene rings is 1. The molecule has 11 nitrogen and oxygen atoms in total. The van der Waals surface area contributed by atoms with Gasteiger partial charge in [-0.25, -0.2) is 15.0 Å². The molecule has 3 saturated heterocycles. The monoisotopic (exact) mass is 562 g/mol. The van der Waals surface area contributed by atoms with Gasteiger partial charge in [-0.3, -0.25) is 4.79 Å². The van der Waals surface area contributed by atoms with E-state index in [1.54, 1.807) is 24.4 Å². The third kappa shape index (κ3) is 4.46. The van der Waals surface area contributed by atoms with Gasteiger partial charge in [0.2, 0.25) is 5.95 Å². The summed E-state index contributed by atoms with van der Waals surface area (Å²) < 4.78 is 24.5. The second-order valence-electron chi connectivity index (χ2n) is 10.2. The van der Waals surface area contributed by atoms with E-state index in [2.05, 4.69) is 15.3 Å². The van der Waals surface area contributed by atoms with E-state index < -0.39 is 36.1 Å². The van der Waals surface area contributed by atoms with Crippen molar-refractivity contribution in [2.75, 3.05) is 24.5 Å². The van der Waals surface area contributed by atoms with Gasteiger partial charge in [-0.15, -0.1) is 0 Å². The van der Waals surface area contributed by atoms with Crippen LogP contribution in [0.5, 0.6) is 5.75 Å². The minimum absolute atomic E-state index is 0.0516. The molecule has 13 heteroatoms. The van der Waals surface area contributed by atoms with Gasteiger partial charge in [-0.05, 0) is 32.9 Å². The average Bonchev–Trinajstić information content (AvgIpc) is 3.45. The first-order valence-corrected chi connectivity index (χ1v) is 13.3. The zero-order valence-electron chi connectivity index (χ0n) is 21.1. The van der Waals surface area contributed by atoms with Crippen LogP contribution in [0.15, 0.2) is 29.4 Å². The van der Waals surface area contributed by atoms with Crippen molar-refractivity contribution in [3.05, 3.63) is 40.1 Å². The maximum absolute atomic E-state index is 12.8. The molecule has 4 aliphatic heterocycles. The predicted molar refractivity (Wildman–Crippen MR) is 140 cm³/mol. The van der Waals surface area contributed by atoms with Crippen LogP contribution in [0, 0.1) is 0 Å². The third-order valence-corrected chi connectivity index (χ3v) is 7.74. The summed E-state index contributed by atoms with van der Waals surface area (Å²) in [5, 5.41) is 3.73. The molecule has 0 saturated carbocycles. The van der Waals surface area contributed by atoms with Crippen molar-refractivity contribution in [2.45, 2.75) is 63.0 Å². The van der Waals surface area contributed by atoms with E-state index in [1.165, 1.54) is 0 Å². The van der Waals surface area contributed by atoms with Crippen LogP contribution in [0.3, 0.4) is 0 Å². The molecule has 0 bridgehead atoms. The number of carbonyl (C=O) groups excluding carboxylic acids is 1. The Bertz CT molecular complexity index is 1300. The Balaban J connectivity index is 1.20. The van der Waals surface area contributed by atoms with Gasteiger partial charge in [-0.2, -0.15) is 0 Å². The van der Waals surface area contributed by atoms with Crippen LogP contribution in [0.2, 0.25) is 10.0 Å². The number of carbonyl (C=O) groups is 1. The zero-order valence-corrected chi connectivity index (χ0v) is 22.6. The number of aliphatic imine (C=N–C) groups is 1. The van der Waals surface area contributed by atoms with Crippen LogP contribution in [-0.2, 0) is 19.0 Å². The SMILES string of the molecule is CCNC(=O)[C@H]1O[C@H](C2C(N)=Nc3cnc(N4CC(Oc5ccc(Cl)c(Cl)c5)C4)nc32)[C@H]2OC(C)(C)O[C@@H]21. The summed E-state index contributed by atoms with van der Waals surface area (Å²) in [4.78, 5) is 28.6. The highest BCUT2D eigenvalue weighted by Crippen LogP contribution is 2.46. The summed E-state index contributed by atoms with van der Waals surface area (Å²) >= 11 is 12.1. The number of halogens is 2. The van der Waals surface area contributed by atoms with Crippen molar-refractivity contribution in [1.29, 1.82) is 0 Å². The lowest BCUT2D eigenvalue weighted by atomic mass is 9.93. The summed E-state index contributed by atoms with van der Waals surface area (Å²) in [5.41, 5.74) is 7.60. The molecule has 1 unspecified atom stereocenters. The molecule has 1 aromatic carbocycles. The Morgan fingerprint density at radius 2 is 1.97 bits per heavy atom. The van der Waals surface area contributed by atoms with E-state index >= 15 is 0 Å². The lowest BCUT2D eigenvalue weighted by Crippen LogP contribution is -2.54. The van der Waals surface area contributed by atoms with Crippen LogP contribution in [0.1, 0.15) is 32.4 Å². The number of likely N-dealkylation sites (N-methyl/N-ethyl adjacent to an activating group) is 1. The number of nitrogens with one attached hydrogen (secondary N) is 1. The van der Waals surface area contributed by atoms with Gasteiger partial charge in [0, 0.05) is 12.6 Å². The summed E-state index contributed by atoms with van der Waals surface area (Å²) in [6.07, 6.45) is -0.933. The van der Waals surface area contributed by atoms with E-state index in [4.69, 9.17) is 52.9 Å². The predicted octanol–water partition coefficient (Wildman–Crippen LogP) is 2.56. The molecule has 5 heterocycles. The maximum atomic E-state index is 12.8. The molecule has 4 aliphatic rings. The number of ether oxygens (including phenoxy) is 4. The van der Waals surface area contributed by atoms with Crippen molar-refractivity contribution in [3.63, 3.8) is 0 Å². The zero-order chi connectivity index (χ0) is 26.8. The van der Waals surface area contributed by atoms with Crippen LogP contribution in [0.25, 0.3) is 0 Å². The second-order valence-corrected chi connectivity index (χ2v) is 11.0. The molecule has 1 amide bonds. The lowest BCUT2D eigenvalue weighted by molar-refractivity contribution is -0.189. The fraction of sp³-hybridized carbons (Fsp3) is 0.520. The Kier molecular flexibility index (Phi) is 6.39. The number of anilines is 1. The van der Waals surface area contributed by atoms with Crippen molar-refractivity contribution < 1.29 is 23.7 Å². The number of hydrogen-bond acceptors (Lipinski definition) is 10. The number of fused-ring (bicyclic) bond motifs is 2. The lowest BCUT2D eigenvalue weighted by Gasteiger charge is -2.39. The number of hydrogen-bond donors (Lipinski definition) is 2. The first-order chi connectivity index (χ1) is 18.1. The molecule has 1 aromatic heterocycles. The first-order valence-electron chi connectivity index (χ1n) is 12.5. The van der Waals surface area contributed by atoms with Gasteiger partial charge in [0.25, 0.3) is 5.91 Å².